The van der Waals surface area contributed by atoms with E-state index in [9.17, 15) is 9.59 Å². The summed E-state index contributed by atoms with van der Waals surface area (Å²) in [5.74, 6) is 0.0726. The molecular formula is C19H17ClN4O3. The predicted molar refractivity (Wildman–Crippen MR) is 101 cm³/mol. The van der Waals surface area contributed by atoms with Gasteiger partial charge in [-0.05, 0) is 31.2 Å². The number of hydrogen-bond donors (Lipinski definition) is 2. The zero-order valence-electron chi connectivity index (χ0n) is 14.7. The molecule has 1 aromatic heterocycles. The largest absolute Gasteiger partial charge is 0.343 e. The fourth-order valence-electron chi connectivity index (χ4n) is 2.46. The zero-order chi connectivity index (χ0) is 19.4. The molecule has 0 fully saturated rings. The molecule has 0 saturated carbocycles. The molecule has 2 N–H and O–H groups in total. The van der Waals surface area contributed by atoms with E-state index in [2.05, 4.69) is 20.8 Å². The second-order valence-electron chi connectivity index (χ2n) is 5.94. The summed E-state index contributed by atoms with van der Waals surface area (Å²) in [6.45, 7) is 3.41. The smallest absolute Gasteiger partial charge is 0.253 e. The normalized spacial score (nSPS) is 10.5. The molecule has 2 amide bonds. The number of amides is 2. The number of hydrogen-bond acceptors (Lipinski definition) is 5. The Balaban J connectivity index is 1.69. The van der Waals surface area contributed by atoms with Crippen LogP contribution < -0.4 is 10.6 Å². The minimum atomic E-state index is -0.414. The number of carbonyl (C=O) groups is 2. The van der Waals surface area contributed by atoms with Gasteiger partial charge in [-0.2, -0.15) is 4.98 Å². The third-order valence-electron chi connectivity index (χ3n) is 3.68. The van der Waals surface area contributed by atoms with Crippen LogP contribution in [0.4, 0.5) is 5.69 Å². The van der Waals surface area contributed by atoms with Crippen molar-refractivity contribution in [2.45, 2.75) is 20.4 Å². The predicted octanol–water partition coefficient (Wildman–Crippen LogP) is 3.59. The van der Waals surface area contributed by atoms with E-state index in [1.165, 1.54) is 13.0 Å². The summed E-state index contributed by atoms with van der Waals surface area (Å²) in [4.78, 5) is 27.8. The van der Waals surface area contributed by atoms with Crippen LogP contribution in [0.15, 0.2) is 47.0 Å². The molecule has 7 nitrogen and oxygen atoms in total. The van der Waals surface area contributed by atoms with Gasteiger partial charge in [0, 0.05) is 18.2 Å². The molecule has 0 aliphatic heterocycles. The van der Waals surface area contributed by atoms with Crippen LogP contribution in [0.3, 0.4) is 0 Å². The maximum atomic E-state index is 12.4. The molecule has 0 saturated heterocycles. The third kappa shape index (κ3) is 4.71. The number of rotatable bonds is 5. The fourth-order valence-corrected chi connectivity index (χ4v) is 2.66. The number of carbonyl (C=O) groups excluding carboxylic acids is 2. The Kier molecular flexibility index (Phi) is 5.52. The van der Waals surface area contributed by atoms with Crippen LogP contribution in [0.25, 0.3) is 11.4 Å². The van der Waals surface area contributed by atoms with Gasteiger partial charge < -0.3 is 15.2 Å². The first-order valence-electron chi connectivity index (χ1n) is 8.17. The minimum Gasteiger partial charge on any atom is -0.343 e. The molecule has 2 aromatic carbocycles. The van der Waals surface area contributed by atoms with Crippen molar-refractivity contribution in [2.75, 3.05) is 5.32 Å². The molecule has 0 radical (unpaired) electrons. The van der Waals surface area contributed by atoms with E-state index in [0.29, 0.717) is 11.5 Å². The first-order chi connectivity index (χ1) is 12.9. The first-order valence-corrected chi connectivity index (χ1v) is 8.55. The van der Waals surface area contributed by atoms with E-state index in [1.807, 2.05) is 31.2 Å². The van der Waals surface area contributed by atoms with E-state index in [0.717, 1.165) is 11.1 Å². The number of benzene rings is 2. The lowest BCUT2D eigenvalue weighted by molar-refractivity contribution is -0.114. The molecule has 0 bridgehead atoms. The first kappa shape index (κ1) is 18.6. The summed E-state index contributed by atoms with van der Waals surface area (Å²) in [5.41, 5.74) is 2.64. The van der Waals surface area contributed by atoms with E-state index < -0.39 is 5.91 Å². The van der Waals surface area contributed by atoms with Gasteiger partial charge in [-0.25, -0.2) is 0 Å². The van der Waals surface area contributed by atoms with Gasteiger partial charge in [0.15, 0.2) is 0 Å². The Morgan fingerprint density at radius 1 is 1.19 bits per heavy atom. The van der Waals surface area contributed by atoms with Gasteiger partial charge in [0.05, 0.1) is 17.1 Å². The Morgan fingerprint density at radius 3 is 2.74 bits per heavy atom. The maximum Gasteiger partial charge on any atom is 0.253 e. The Bertz CT molecular complexity index is 1000. The molecule has 0 aliphatic rings. The van der Waals surface area contributed by atoms with Crippen molar-refractivity contribution in [3.8, 4) is 11.4 Å². The number of aryl methyl sites for hydroxylation is 1. The van der Waals surface area contributed by atoms with Crippen molar-refractivity contribution >= 4 is 29.1 Å². The van der Waals surface area contributed by atoms with Crippen molar-refractivity contribution in [3.63, 3.8) is 0 Å². The Labute approximate surface area is 160 Å². The molecule has 0 unspecified atom stereocenters. The maximum absolute atomic E-state index is 12.4. The average molecular weight is 385 g/mol. The highest BCUT2D eigenvalue weighted by molar-refractivity contribution is 6.34. The quantitative estimate of drug-likeness (QED) is 0.700. The number of nitrogens with one attached hydrogen (secondary N) is 2. The van der Waals surface area contributed by atoms with Gasteiger partial charge in [-0.1, -0.05) is 40.5 Å². The molecule has 27 heavy (non-hydrogen) atoms. The molecule has 0 aliphatic carbocycles. The van der Waals surface area contributed by atoms with Crippen molar-refractivity contribution in [1.29, 1.82) is 0 Å². The van der Waals surface area contributed by atoms with E-state index in [4.69, 9.17) is 16.1 Å². The molecule has 1 heterocycles. The number of aromatic nitrogens is 2. The third-order valence-corrected chi connectivity index (χ3v) is 4.01. The van der Waals surface area contributed by atoms with Crippen molar-refractivity contribution in [3.05, 3.63) is 64.5 Å². The van der Waals surface area contributed by atoms with Crippen LogP contribution in [0.5, 0.6) is 0 Å². The lowest BCUT2D eigenvalue weighted by Gasteiger charge is -2.08. The molecule has 0 atom stereocenters. The summed E-state index contributed by atoms with van der Waals surface area (Å²) in [6, 6.07) is 12.4. The second-order valence-corrected chi connectivity index (χ2v) is 6.35. The number of halogens is 1. The number of anilines is 1. The molecule has 8 heteroatoms. The molecule has 0 spiro atoms. The number of nitrogens with zero attached hydrogens (tertiary/aromatic N) is 2. The summed E-state index contributed by atoms with van der Waals surface area (Å²) in [7, 11) is 0. The average Bonchev–Trinajstić information content (AvgIpc) is 3.10. The summed E-state index contributed by atoms with van der Waals surface area (Å²) in [6.07, 6.45) is 0. The highest BCUT2D eigenvalue weighted by Gasteiger charge is 2.14. The van der Waals surface area contributed by atoms with Crippen molar-refractivity contribution < 1.29 is 14.1 Å². The molecule has 138 valence electrons. The summed E-state index contributed by atoms with van der Waals surface area (Å²) >= 11 is 6.08. The second kappa shape index (κ2) is 8.01. The van der Waals surface area contributed by atoms with Crippen LogP contribution in [-0.4, -0.2) is 22.0 Å². The molecular weight excluding hydrogens is 368 g/mol. The monoisotopic (exact) mass is 384 g/mol. The molecule has 3 aromatic rings. The van der Waals surface area contributed by atoms with Crippen LogP contribution >= 0.6 is 11.6 Å². The van der Waals surface area contributed by atoms with Gasteiger partial charge in [0.1, 0.15) is 0 Å². The minimum absolute atomic E-state index is 0.0539. The van der Waals surface area contributed by atoms with Gasteiger partial charge in [0.25, 0.3) is 5.91 Å². The van der Waals surface area contributed by atoms with Crippen LogP contribution in [0.1, 0.15) is 28.7 Å². The highest BCUT2D eigenvalue weighted by Crippen LogP contribution is 2.21. The molecule has 3 rings (SSSR count). The van der Waals surface area contributed by atoms with E-state index >= 15 is 0 Å². The van der Waals surface area contributed by atoms with Crippen LogP contribution in [0, 0.1) is 6.92 Å². The SMILES string of the molecule is CC(=O)Nc1ccc(Cl)c(C(=O)NCc2nc(-c3cccc(C)c3)no2)c1. The van der Waals surface area contributed by atoms with Crippen LogP contribution in [-0.2, 0) is 11.3 Å². The van der Waals surface area contributed by atoms with Gasteiger partial charge in [0.2, 0.25) is 17.6 Å². The van der Waals surface area contributed by atoms with Crippen LogP contribution in [0.2, 0.25) is 5.02 Å². The summed E-state index contributed by atoms with van der Waals surface area (Å²) < 4.78 is 5.19. The highest BCUT2D eigenvalue weighted by atomic mass is 35.5. The lowest BCUT2D eigenvalue weighted by Crippen LogP contribution is -2.23. The van der Waals surface area contributed by atoms with E-state index in [1.54, 1.807) is 12.1 Å². The Hall–Kier alpha value is -3.19. The van der Waals surface area contributed by atoms with Crippen molar-refractivity contribution in [2.24, 2.45) is 0 Å². The Morgan fingerprint density at radius 2 is 2.00 bits per heavy atom. The van der Waals surface area contributed by atoms with Gasteiger partial charge in [-0.3, -0.25) is 9.59 Å². The van der Waals surface area contributed by atoms with Crippen molar-refractivity contribution in [1.82, 2.24) is 15.5 Å². The topological polar surface area (TPSA) is 97.1 Å². The van der Waals surface area contributed by atoms with Gasteiger partial charge >= 0.3 is 0 Å². The lowest BCUT2D eigenvalue weighted by atomic mass is 10.1. The van der Waals surface area contributed by atoms with E-state index in [-0.39, 0.29) is 28.9 Å². The zero-order valence-corrected chi connectivity index (χ0v) is 15.5. The van der Waals surface area contributed by atoms with Gasteiger partial charge in [-0.15, -0.1) is 0 Å². The standard InChI is InChI=1S/C19H17ClN4O3/c1-11-4-3-5-13(8-11)18-23-17(27-24-18)10-21-19(26)15-9-14(22-12(2)25)6-7-16(15)20/h3-9H,10H2,1-2H3,(H,21,26)(H,22,25). The fraction of sp³-hybridized carbons (Fsp3) is 0.158. The summed E-state index contributed by atoms with van der Waals surface area (Å²) in [5, 5.41) is 9.49.